The Kier molecular flexibility index (Phi) is 7.89. The van der Waals surface area contributed by atoms with Crippen LogP contribution in [-0.2, 0) is 21.2 Å². The highest BCUT2D eigenvalue weighted by atomic mass is 32.2. The lowest BCUT2D eigenvalue weighted by molar-refractivity contribution is -0.118. The van der Waals surface area contributed by atoms with Crippen molar-refractivity contribution in [3.8, 4) is 0 Å². The van der Waals surface area contributed by atoms with Crippen molar-refractivity contribution in [3.63, 3.8) is 0 Å². The van der Waals surface area contributed by atoms with Gasteiger partial charge in [-0.25, -0.2) is 12.8 Å². The van der Waals surface area contributed by atoms with E-state index in [0.717, 1.165) is 24.6 Å². The van der Waals surface area contributed by atoms with Crippen molar-refractivity contribution in [3.05, 3.63) is 59.9 Å². The molecule has 8 heteroatoms. The zero-order chi connectivity index (χ0) is 21.6. The number of halogens is 1. The molecule has 0 saturated heterocycles. The normalized spacial score (nSPS) is 12.9. The van der Waals surface area contributed by atoms with Gasteiger partial charge in [0.05, 0.1) is 0 Å². The number of carbonyl (C=O) groups excluding carboxylic acids is 1. The number of sulfonamides is 1. The van der Waals surface area contributed by atoms with E-state index in [9.17, 15) is 17.6 Å². The van der Waals surface area contributed by atoms with E-state index in [1.807, 2.05) is 26.2 Å². The van der Waals surface area contributed by atoms with E-state index in [1.165, 1.54) is 18.2 Å². The summed E-state index contributed by atoms with van der Waals surface area (Å²) in [7, 11) is -0.179. The quantitative estimate of drug-likeness (QED) is 0.653. The number of rotatable bonds is 9. The van der Waals surface area contributed by atoms with Crippen molar-refractivity contribution in [1.29, 1.82) is 0 Å². The van der Waals surface area contributed by atoms with Crippen LogP contribution in [0.1, 0.15) is 19.4 Å². The SMILES string of the molecule is CC(C)[C@H](NS(=O)(=O)c1ccccc1F)C(=O)Nc1ccc(CCN(C)C)cc1. The van der Waals surface area contributed by atoms with Crippen LogP contribution in [0.15, 0.2) is 53.4 Å². The number of anilines is 1. The molecule has 0 spiro atoms. The molecule has 0 saturated carbocycles. The fourth-order valence-corrected chi connectivity index (χ4v) is 4.14. The molecule has 6 nitrogen and oxygen atoms in total. The Bertz CT molecular complexity index is 928. The average Bonchev–Trinajstić information content (AvgIpc) is 2.65. The van der Waals surface area contributed by atoms with Crippen LogP contribution >= 0.6 is 0 Å². The van der Waals surface area contributed by atoms with Gasteiger partial charge in [-0.2, -0.15) is 4.72 Å². The van der Waals surface area contributed by atoms with E-state index in [0.29, 0.717) is 5.69 Å². The van der Waals surface area contributed by atoms with Crippen LogP contribution in [0.2, 0.25) is 0 Å². The molecular formula is C21H28FN3O3S. The maximum absolute atomic E-state index is 13.9. The van der Waals surface area contributed by atoms with Crippen LogP contribution in [0.4, 0.5) is 10.1 Å². The number of hydrogen-bond donors (Lipinski definition) is 2. The number of likely N-dealkylation sites (N-methyl/N-ethyl adjacent to an activating group) is 1. The Labute approximate surface area is 172 Å². The molecule has 2 rings (SSSR count). The standard InChI is InChI=1S/C21H28FN3O3S/c1-15(2)20(24-29(27,28)19-8-6-5-7-18(19)22)21(26)23-17-11-9-16(10-12-17)13-14-25(3)4/h5-12,15,20,24H,13-14H2,1-4H3,(H,23,26)/t20-/m0/s1. The molecule has 1 amide bonds. The number of nitrogens with one attached hydrogen (secondary N) is 2. The van der Waals surface area contributed by atoms with Crippen LogP contribution in [-0.4, -0.2) is 45.9 Å². The van der Waals surface area contributed by atoms with Gasteiger partial charge in [-0.15, -0.1) is 0 Å². The fraction of sp³-hybridized carbons (Fsp3) is 0.381. The topological polar surface area (TPSA) is 78.5 Å². The molecule has 2 aromatic rings. The van der Waals surface area contributed by atoms with Crippen LogP contribution in [0, 0.1) is 11.7 Å². The Morgan fingerprint density at radius 1 is 1.07 bits per heavy atom. The van der Waals surface area contributed by atoms with Crippen molar-refractivity contribution < 1.29 is 17.6 Å². The monoisotopic (exact) mass is 421 g/mol. The summed E-state index contributed by atoms with van der Waals surface area (Å²) in [5, 5.41) is 2.73. The van der Waals surface area contributed by atoms with Crippen molar-refractivity contribution >= 4 is 21.6 Å². The zero-order valence-corrected chi connectivity index (χ0v) is 18.0. The first-order chi connectivity index (χ1) is 13.6. The molecule has 0 radical (unpaired) electrons. The lowest BCUT2D eigenvalue weighted by atomic mass is 10.0. The molecule has 1 atom stereocenters. The first-order valence-electron chi connectivity index (χ1n) is 9.41. The van der Waals surface area contributed by atoms with Gasteiger partial charge in [0.2, 0.25) is 15.9 Å². The zero-order valence-electron chi connectivity index (χ0n) is 17.1. The van der Waals surface area contributed by atoms with E-state index in [4.69, 9.17) is 0 Å². The van der Waals surface area contributed by atoms with Gasteiger partial charge < -0.3 is 10.2 Å². The molecule has 29 heavy (non-hydrogen) atoms. The van der Waals surface area contributed by atoms with Crippen molar-refractivity contribution in [2.24, 2.45) is 5.92 Å². The summed E-state index contributed by atoms with van der Waals surface area (Å²) < 4.78 is 41.4. The number of carbonyl (C=O) groups is 1. The molecule has 0 bridgehead atoms. The summed E-state index contributed by atoms with van der Waals surface area (Å²) in [5.41, 5.74) is 1.71. The minimum absolute atomic E-state index is 0.337. The number of amides is 1. The Balaban J connectivity index is 2.11. The smallest absolute Gasteiger partial charge is 0.244 e. The van der Waals surface area contributed by atoms with Gasteiger partial charge in [-0.05, 0) is 56.3 Å². The van der Waals surface area contributed by atoms with Crippen molar-refractivity contribution in [2.45, 2.75) is 31.2 Å². The predicted octanol–water partition coefficient (Wildman–Crippen LogP) is 2.87. The van der Waals surface area contributed by atoms with Crippen LogP contribution < -0.4 is 10.0 Å². The van der Waals surface area contributed by atoms with Crippen molar-refractivity contribution in [2.75, 3.05) is 26.0 Å². The van der Waals surface area contributed by atoms with E-state index in [1.54, 1.807) is 26.0 Å². The fourth-order valence-electron chi connectivity index (χ4n) is 2.71. The predicted molar refractivity (Wildman–Crippen MR) is 113 cm³/mol. The molecule has 0 aliphatic rings. The minimum atomic E-state index is -4.19. The number of nitrogens with zero attached hydrogens (tertiary/aromatic N) is 1. The second-order valence-corrected chi connectivity index (χ2v) is 9.20. The molecule has 2 aromatic carbocycles. The molecule has 0 unspecified atom stereocenters. The van der Waals surface area contributed by atoms with E-state index in [-0.39, 0.29) is 5.92 Å². The number of benzene rings is 2. The highest BCUT2D eigenvalue weighted by molar-refractivity contribution is 7.89. The molecule has 0 fully saturated rings. The third kappa shape index (κ3) is 6.62. The summed E-state index contributed by atoms with van der Waals surface area (Å²) in [6, 6.07) is 11.4. The van der Waals surface area contributed by atoms with Gasteiger partial charge in [0.25, 0.3) is 0 Å². The van der Waals surface area contributed by atoms with Crippen LogP contribution in [0.5, 0.6) is 0 Å². The molecule has 0 aliphatic heterocycles. The Morgan fingerprint density at radius 2 is 1.69 bits per heavy atom. The van der Waals surface area contributed by atoms with Gasteiger partial charge in [-0.3, -0.25) is 4.79 Å². The van der Waals surface area contributed by atoms with E-state index >= 15 is 0 Å². The highest BCUT2D eigenvalue weighted by Gasteiger charge is 2.29. The molecule has 0 aromatic heterocycles. The lowest BCUT2D eigenvalue weighted by Gasteiger charge is -2.22. The Hall–Kier alpha value is -2.29. The molecule has 2 N–H and O–H groups in total. The second kappa shape index (κ2) is 9.96. The highest BCUT2D eigenvalue weighted by Crippen LogP contribution is 2.17. The summed E-state index contributed by atoms with van der Waals surface area (Å²) in [4.78, 5) is 14.3. The van der Waals surface area contributed by atoms with E-state index in [2.05, 4.69) is 14.9 Å². The Morgan fingerprint density at radius 3 is 2.24 bits per heavy atom. The van der Waals surface area contributed by atoms with E-state index < -0.39 is 32.7 Å². The summed E-state index contributed by atoms with van der Waals surface area (Å²) in [6.45, 7) is 4.36. The van der Waals surface area contributed by atoms with Gasteiger partial charge in [-0.1, -0.05) is 38.1 Å². The maximum Gasteiger partial charge on any atom is 0.244 e. The molecule has 158 valence electrons. The third-order valence-electron chi connectivity index (χ3n) is 4.43. The number of hydrogen-bond acceptors (Lipinski definition) is 4. The lowest BCUT2D eigenvalue weighted by Crippen LogP contribution is -2.47. The van der Waals surface area contributed by atoms with Gasteiger partial charge >= 0.3 is 0 Å². The first kappa shape index (κ1) is 23.0. The average molecular weight is 422 g/mol. The summed E-state index contributed by atoms with van der Waals surface area (Å²) >= 11 is 0. The van der Waals surface area contributed by atoms with Crippen LogP contribution in [0.3, 0.4) is 0 Å². The summed E-state index contributed by atoms with van der Waals surface area (Å²) in [6.07, 6.45) is 0.887. The molecular weight excluding hydrogens is 393 g/mol. The largest absolute Gasteiger partial charge is 0.325 e. The van der Waals surface area contributed by atoms with Gasteiger partial charge in [0.1, 0.15) is 16.8 Å². The van der Waals surface area contributed by atoms with Crippen molar-refractivity contribution in [1.82, 2.24) is 9.62 Å². The molecule has 0 aliphatic carbocycles. The maximum atomic E-state index is 13.9. The third-order valence-corrected chi connectivity index (χ3v) is 5.90. The van der Waals surface area contributed by atoms with Gasteiger partial charge in [0, 0.05) is 12.2 Å². The van der Waals surface area contributed by atoms with Gasteiger partial charge in [0.15, 0.2) is 0 Å². The first-order valence-corrected chi connectivity index (χ1v) is 10.9. The summed E-state index contributed by atoms with van der Waals surface area (Å²) in [5.74, 6) is -1.70. The molecule has 0 heterocycles. The second-order valence-electron chi connectivity index (χ2n) is 7.51. The minimum Gasteiger partial charge on any atom is -0.325 e. The van der Waals surface area contributed by atoms with Crippen LogP contribution in [0.25, 0.3) is 0 Å².